The standard InChI is InChI=1S/C14H10BrNO5/c1-8-5-10(15)7-12(16(19)20)13(8)21-11-4-2-3-9(6-11)14(17)18/h2-7H,1H3,(H,17,18). The van der Waals surface area contributed by atoms with Crippen molar-refractivity contribution >= 4 is 27.6 Å². The fraction of sp³-hybridized carbons (Fsp3) is 0.0714. The maximum Gasteiger partial charge on any atom is 0.335 e. The molecule has 2 aromatic carbocycles. The maximum absolute atomic E-state index is 11.1. The van der Waals surface area contributed by atoms with E-state index in [9.17, 15) is 14.9 Å². The zero-order chi connectivity index (χ0) is 15.6. The lowest BCUT2D eigenvalue weighted by molar-refractivity contribution is -0.385. The van der Waals surface area contributed by atoms with Gasteiger partial charge >= 0.3 is 11.7 Å². The van der Waals surface area contributed by atoms with Gasteiger partial charge in [0.2, 0.25) is 5.75 Å². The van der Waals surface area contributed by atoms with Crippen molar-refractivity contribution in [2.24, 2.45) is 0 Å². The van der Waals surface area contributed by atoms with Crippen molar-refractivity contribution < 1.29 is 19.6 Å². The van der Waals surface area contributed by atoms with Crippen LogP contribution in [0.15, 0.2) is 40.9 Å². The minimum absolute atomic E-state index is 0.0462. The molecule has 21 heavy (non-hydrogen) atoms. The lowest BCUT2D eigenvalue weighted by Gasteiger charge is -2.10. The van der Waals surface area contributed by atoms with E-state index in [0.717, 1.165) is 0 Å². The van der Waals surface area contributed by atoms with Crippen LogP contribution in [0.2, 0.25) is 0 Å². The molecule has 0 aliphatic carbocycles. The Balaban J connectivity index is 2.46. The molecular formula is C14H10BrNO5. The molecule has 0 spiro atoms. The lowest BCUT2D eigenvalue weighted by atomic mass is 10.2. The van der Waals surface area contributed by atoms with E-state index in [1.165, 1.54) is 30.3 Å². The molecule has 2 aromatic rings. The predicted molar refractivity (Wildman–Crippen MR) is 79.0 cm³/mol. The molecule has 0 bridgehead atoms. The number of ether oxygens (including phenoxy) is 1. The lowest BCUT2D eigenvalue weighted by Crippen LogP contribution is -1.98. The number of carbonyl (C=O) groups is 1. The summed E-state index contributed by atoms with van der Waals surface area (Å²) in [5.41, 5.74) is 0.421. The molecule has 108 valence electrons. The van der Waals surface area contributed by atoms with Crippen LogP contribution in [-0.2, 0) is 0 Å². The number of rotatable bonds is 4. The number of nitro groups is 1. The van der Waals surface area contributed by atoms with Crippen LogP contribution in [0, 0.1) is 17.0 Å². The first-order valence-electron chi connectivity index (χ1n) is 5.84. The molecule has 0 unspecified atom stereocenters. The summed E-state index contributed by atoms with van der Waals surface area (Å²) in [7, 11) is 0. The van der Waals surface area contributed by atoms with Crippen LogP contribution in [-0.4, -0.2) is 16.0 Å². The fourth-order valence-electron chi connectivity index (χ4n) is 1.79. The Morgan fingerprint density at radius 2 is 2.05 bits per heavy atom. The Bertz CT molecular complexity index is 729. The van der Waals surface area contributed by atoms with Gasteiger partial charge in [0, 0.05) is 10.5 Å². The van der Waals surface area contributed by atoms with Crippen molar-refractivity contribution in [2.45, 2.75) is 6.92 Å². The number of hydrogen-bond donors (Lipinski definition) is 1. The molecule has 0 fully saturated rings. The van der Waals surface area contributed by atoms with E-state index < -0.39 is 10.9 Å². The Hall–Kier alpha value is -2.41. The molecular weight excluding hydrogens is 342 g/mol. The van der Waals surface area contributed by atoms with Gasteiger partial charge in [0.1, 0.15) is 5.75 Å². The zero-order valence-electron chi connectivity index (χ0n) is 10.9. The number of hydrogen-bond acceptors (Lipinski definition) is 4. The Morgan fingerprint density at radius 3 is 2.67 bits per heavy atom. The third-order valence-electron chi connectivity index (χ3n) is 2.72. The second-order valence-electron chi connectivity index (χ2n) is 4.26. The highest BCUT2D eigenvalue weighted by molar-refractivity contribution is 9.10. The van der Waals surface area contributed by atoms with Crippen LogP contribution in [0.4, 0.5) is 5.69 Å². The zero-order valence-corrected chi connectivity index (χ0v) is 12.5. The van der Waals surface area contributed by atoms with Crippen molar-refractivity contribution in [2.75, 3.05) is 0 Å². The van der Waals surface area contributed by atoms with E-state index in [2.05, 4.69) is 15.9 Å². The summed E-state index contributed by atoms with van der Waals surface area (Å²) in [6.07, 6.45) is 0. The van der Waals surface area contributed by atoms with E-state index in [4.69, 9.17) is 9.84 Å². The molecule has 0 amide bonds. The average Bonchev–Trinajstić information content (AvgIpc) is 2.41. The van der Waals surface area contributed by atoms with Crippen molar-refractivity contribution in [1.29, 1.82) is 0 Å². The SMILES string of the molecule is Cc1cc(Br)cc([N+](=O)[O-])c1Oc1cccc(C(=O)O)c1. The van der Waals surface area contributed by atoms with Gasteiger partial charge in [-0.1, -0.05) is 22.0 Å². The third kappa shape index (κ3) is 3.38. The molecule has 0 saturated carbocycles. The summed E-state index contributed by atoms with van der Waals surface area (Å²) in [5, 5.41) is 20.0. The molecule has 0 aliphatic rings. The van der Waals surface area contributed by atoms with Crippen molar-refractivity contribution in [3.05, 3.63) is 62.1 Å². The van der Waals surface area contributed by atoms with Gasteiger partial charge in [0.15, 0.2) is 0 Å². The summed E-state index contributed by atoms with van der Waals surface area (Å²) in [6, 6.07) is 8.80. The topological polar surface area (TPSA) is 89.7 Å². The largest absolute Gasteiger partial charge is 0.478 e. The molecule has 0 saturated heterocycles. The highest BCUT2D eigenvalue weighted by Crippen LogP contribution is 2.37. The molecule has 6 nitrogen and oxygen atoms in total. The smallest absolute Gasteiger partial charge is 0.335 e. The number of aryl methyl sites for hydroxylation is 1. The summed E-state index contributed by atoms with van der Waals surface area (Å²) < 4.78 is 6.09. The van der Waals surface area contributed by atoms with Crippen LogP contribution >= 0.6 is 15.9 Å². The van der Waals surface area contributed by atoms with Gasteiger partial charge in [-0.25, -0.2) is 4.79 Å². The number of carboxylic acids is 1. The van der Waals surface area contributed by atoms with E-state index >= 15 is 0 Å². The first kappa shape index (κ1) is 15.0. The molecule has 0 heterocycles. The van der Waals surface area contributed by atoms with Gasteiger partial charge in [-0.15, -0.1) is 0 Å². The molecule has 0 aromatic heterocycles. The summed E-state index contributed by atoms with van der Waals surface area (Å²) in [4.78, 5) is 21.5. The summed E-state index contributed by atoms with van der Waals surface area (Å²) in [5.74, 6) is -0.781. The summed E-state index contributed by atoms with van der Waals surface area (Å²) in [6.45, 7) is 1.67. The third-order valence-corrected chi connectivity index (χ3v) is 3.18. The van der Waals surface area contributed by atoms with E-state index in [1.54, 1.807) is 13.0 Å². The van der Waals surface area contributed by atoms with Gasteiger partial charge in [0.25, 0.3) is 0 Å². The number of carboxylic acid groups (broad SMARTS) is 1. The monoisotopic (exact) mass is 351 g/mol. The number of nitrogens with zero attached hydrogens (tertiary/aromatic N) is 1. The fourth-order valence-corrected chi connectivity index (χ4v) is 2.35. The van der Waals surface area contributed by atoms with Crippen LogP contribution in [0.1, 0.15) is 15.9 Å². The molecule has 1 N–H and O–H groups in total. The van der Waals surface area contributed by atoms with Crippen molar-refractivity contribution in [3.63, 3.8) is 0 Å². The molecule has 0 radical (unpaired) electrons. The van der Waals surface area contributed by atoms with E-state index in [1.807, 2.05) is 0 Å². The first-order chi connectivity index (χ1) is 9.88. The van der Waals surface area contributed by atoms with Gasteiger partial charge in [-0.05, 0) is 36.8 Å². The quantitative estimate of drug-likeness (QED) is 0.659. The number of aromatic carboxylic acids is 1. The molecule has 0 aliphatic heterocycles. The van der Waals surface area contributed by atoms with Crippen LogP contribution < -0.4 is 4.74 Å². The number of benzene rings is 2. The second-order valence-corrected chi connectivity index (χ2v) is 5.18. The highest BCUT2D eigenvalue weighted by Gasteiger charge is 2.20. The van der Waals surface area contributed by atoms with Gasteiger partial charge < -0.3 is 9.84 Å². The van der Waals surface area contributed by atoms with Gasteiger partial charge in [0.05, 0.1) is 10.5 Å². The Morgan fingerprint density at radius 1 is 1.33 bits per heavy atom. The van der Waals surface area contributed by atoms with Gasteiger partial charge in [-0.3, -0.25) is 10.1 Å². The number of halogens is 1. The Labute approximate surface area is 128 Å². The molecule has 2 rings (SSSR count). The van der Waals surface area contributed by atoms with Crippen LogP contribution in [0.3, 0.4) is 0 Å². The molecule has 0 atom stereocenters. The highest BCUT2D eigenvalue weighted by atomic mass is 79.9. The first-order valence-corrected chi connectivity index (χ1v) is 6.63. The predicted octanol–water partition coefficient (Wildman–Crippen LogP) is 4.16. The Kier molecular flexibility index (Phi) is 4.23. The van der Waals surface area contributed by atoms with E-state index in [-0.39, 0.29) is 22.7 Å². The maximum atomic E-state index is 11.1. The molecule has 7 heteroatoms. The minimum atomic E-state index is -1.09. The van der Waals surface area contributed by atoms with Crippen LogP contribution in [0.5, 0.6) is 11.5 Å². The van der Waals surface area contributed by atoms with Crippen LogP contribution in [0.25, 0.3) is 0 Å². The van der Waals surface area contributed by atoms with Crippen molar-refractivity contribution in [1.82, 2.24) is 0 Å². The van der Waals surface area contributed by atoms with Gasteiger partial charge in [-0.2, -0.15) is 0 Å². The van der Waals surface area contributed by atoms with Crippen molar-refractivity contribution in [3.8, 4) is 11.5 Å². The average molecular weight is 352 g/mol. The minimum Gasteiger partial charge on any atom is -0.478 e. The summed E-state index contributed by atoms with van der Waals surface area (Å²) >= 11 is 3.19. The van der Waals surface area contributed by atoms with E-state index in [0.29, 0.717) is 10.0 Å². The second kappa shape index (κ2) is 5.92. The number of nitro benzene ring substituents is 1. The normalized spacial score (nSPS) is 10.2.